The van der Waals surface area contributed by atoms with E-state index < -0.39 is 11.7 Å². The van der Waals surface area contributed by atoms with Gasteiger partial charge >= 0.3 is 6.09 Å². The zero-order valence-corrected chi connectivity index (χ0v) is 21.6. The van der Waals surface area contributed by atoms with Gasteiger partial charge in [-0.15, -0.1) is 11.3 Å². The highest BCUT2D eigenvalue weighted by atomic mass is 32.1. The number of nitrogens with one attached hydrogen (secondary N) is 1. The number of hydrogen-bond donors (Lipinski definition) is 1. The molecule has 0 aliphatic carbocycles. The quantitative estimate of drug-likeness (QED) is 0.703. The van der Waals surface area contributed by atoms with E-state index in [-0.39, 0.29) is 11.9 Å². The zero-order valence-electron chi connectivity index (χ0n) is 20.8. The summed E-state index contributed by atoms with van der Waals surface area (Å²) in [4.78, 5) is 40.5. The predicted molar refractivity (Wildman–Crippen MR) is 133 cm³/mol. The van der Waals surface area contributed by atoms with Crippen LogP contribution in [-0.2, 0) is 4.74 Å². The topological polar surface area (TPSA) is 87.7 Å². The summed E-state index contributed by atoms with van der Waals surface area (Å²) in [5, 5.41) is 2.88. The Bertz CT molecular complexity index is 1020. The van der Waals surface area contributed by atoms with Crippen LogP contribution in [0, 0.1) is 6.92 Å². The van der Waals surface area contributed by atoms with Gasteiger partial charge in [0.2, 0.25) is 0 Å². The van der Waals surface area contributed by atoms with Crippen molar-refractivity contribution in [3.05, 3.63) is 34.7 Å². The van der Waals surface area contributed by atoms with E-state index in [1.54, 1.807) is 0 Å². The maximum atomic E-state index is 13.2. The van der Waals surface area contributed by atoms with Crippen LogP contribution in [0.15, 0.2) is 18.5 Å². The molecular weight excluding hydrogens is 450 g/mol. The van der Waals surface area contributed by atoms with Crippen LogP contribution in [0.3, 0.4) is 0 Å². The lowest BCUT2D eigenvalue weighted by molar-refractivity contribution is 0.0502. The van der Waals surface area contributed by atoms with E-state index >= 15 is 0 Å². The smallest absolute Gasteiger partial charge is 0.407 e. The molecule has 2 saturated heterocycles. The Kier molecular flexibility index (Phi) is 7.23. The summed E-state index contributed by atoms with van der Waals surface area (Å²) < 4.78 is 5.34. The number of nitrogens with zero attached hydrogens (tertiary/aromatic N) is 4. The molecule has 1 N–H and O–H groups in total. The van der Waals surface area contributed by atoms with E-state index in [2.05, 4.69) is 27.2 Å². The molecule has 0 saturated carbocycles. The normalized spacial score (nSPS) is 19.9. The fourth-order valence-corrected chi connectivity index (χ4v) is 5.58. The van der Waals surface area contributed by atoms with Crippen LogP contribution in [0.25, 0.3) is 10.4 Å². The van der Waals surface area contributed by atoms with Crippen molar-refractivity contribution < 1.29 is 14.3 Å². The largest absolute Gasteiger partial charge is 0.444 e. The molecule has 1 atom stereocenters. The summed E-state index contributed by atoms with van der Waals surface area (Å²) in [5.41, 5.74) is 1.35. The molecule has 8 nitrogen and oxygen atoms in total. The maximum Gasteiger partial charge on any atom is 0.407 e. The first-order valence-electron chi connectivity index (χ1n) is 12.0. The summed E-state index contributed by atoms with van der Waals surface area (Å²) in [7, 11) is 2.15. The number of alkyl carbamates (subject to hydrolysis) is 1. The lowest BCUT2D eigenvalue weighted by atomic mass is 9.96. The molecule has 0 unspecified atom stereocenters. The highest BCUT2D eigenvalue weighted by Crippen LogP contribution is 2.33. The van der Waals surface area contributed by atoms with Crippen molar-refractivity contribution in [3.63, 3.8) is 0 Å². The van der Waals surface area contributed by atoms with Gasteiger partial charge in [-0.1, -0.05) is 0 Å². The highest BCUT2D eigenvalue weighted by Gasteiger charge is 2.31. The molecular formula is C25H35N5O3S. The number of aryl methyl sites for hydroxylation is 1. The first-order chi connectivity index (χ1) is 16.1. The minimum Gasteiger partial charge on any atom is -0.444 e. The summed E-state index contributed by atoms with van der Waals surface area (Å²) >= 11 is 1.48. The Labute approximate surface area is 205 Å². The van der Waals surface area contributed by atoms with Gasteiger partial charge in [0.15, 0.2) is 0 Å². The van der Waals surface area contributed by atoms with Crippen LogP contribution in [-0.4, -0.2) is 76.6 Å². The SMILES string of the molecule is Cc1cc(-c2cnc(C3CCN(C)CC3)nc2)sc1C(=O)N1CC[C@H](NC(=O)OC(C)(C)C)C1. The molecule has 2 aromatic rings. The van der Waals surface area contributed by atoms with Gasteiger partial charge in [-0.25, -0.2) is 14.8 Å². The van der Waals surface area contributed by atoms with Crippen molar-refractivity contribution in [1.29, 1.82) is 0 Å². The third-order valence-electron chi connectivity index (χ3n) is 6.35. The Hall–Kier alpha value is -2.52. The molecule has 184 valence electrons. The van der Waals surface area contributed by atoms with E-state index in [1.807, 2.05) is 51.1 Å². The standard InChI is InChI=1S/C25H35N5O3S/c1-16-12-20(18-13-26-22(27-14-18)17-6-9-29(5)10-7-17)34-21(16)23(31)30-11-8-19(15-30)28-24(32)33-25(2,3)4/h12-14,17,19H,6-11,15H2,1-5H3,(H,28,32)/t19-/m0/s1. The number of ether oxygens (including phenoxy) is 1. The molecule has 0 aromatic carbocycles. The zero-order chi connectivity index (χ0) is 24.5. The molecule has 2 amide bonds. The van der Waals surface area contributed by atoms with E-state index in [1.165, 1.54) is 11.3 Å². The van der Waals surface area contributed by atoms with Crippen LogP contribution in [0.1, 0.15) is 67.0 Å². The van der Waals surface area contributed by atoms with Gasteiger partial charge in [-0.05, 0) is 78.7 Å². The first kappa shape index (κ1) is 24.6. The van der Waals surface area contributed by atoms with Crippen LogP contribution in [0.4, 0.5) is 4.79 Å². The van der Waals surface area contributed by atoms with Crippen LogP contribution < -0.4 is 5.32 Å². The van der Waals surface area contributed by atoms with Crippen LogP contribution in [0.2, 0.25) is 0 Å². The Morgan fingerprint density at radius 3 is 2.44 bits per heavy atom. The van der Waals surface area contributed by atoms with Crippen molar-refractivity contribution in [3.8, 4) is 10.4 Å². The van der Waals surface area contributed by atoms with Crippen molar-refractivity contribution in [2.24, 2.45) is 0 Å². The van der Waals surface area contributed by atoms with Crippen molar-refractivity contribution in [1.82, 2.24) is 25.1 Å². The Balaban J connectivity index is 1.38. The third kappa shape index (κ3) is 5.93. The van der Waals surface area contributed by atoms with Gasteiger partial charge in [-0.2, -0.15) is 0 Å². The molecule has 2 fully saturated rings. The fraction of sp³-hybridized carbons (Fsp3) is 0.600. The highest BCUT2D eigenvalue weighted by molar-refractivity contribution is 7.17. The average Bonchev–Trinajstić information content (AvgIpc) is 3.39. The Morgan fingerprint density at radius 1 is 1.12 bits per heavy atom. The van der Waals surface area contributed by atoms with Gasteiger partial charge in [0.25, 0.3) is 5.91 Å². The van der Waals surface area contributed by atoms with E-state index in [0.29, 0.717) is 25.4 Å². The molecule has 2 aliphatic rings. The van der Waals surface area contributed by atoms with Crippen molar-refractivity contribution in [2.45, 2.75) is 64.5 Å². The number of aromatic nitrogens is 2. The summed E-state index contributed by atoms with van der Waals surface area (Å²) in [5.74, 6) is 1.35. The number of carbonyl (C=O) groups is 2. The molecule has 9 heteroatoms. The number of thiophene rings is 1. The van der Waals surface area contributed by atoms with E-state index in [4.69, 9.17) is 4.74 Å². The summed E-state index contributed by atoms with van der Waals surface area (Å²) in [6.07, 6.45) is 6.23. The second-order valence-corrected chi connectivity index (χ2v) is 11.5. The molecule has 0 radical (unpaired) electrons. The van der Waals surface area contributed by atoms with Crippen molar-refractivity contribution in [2.75, 3.05) is 33.2 Å². The summed E-state index contributed by atoms with van der Waals surface area (Å²) in [6, 6.07) is 1.94. The number of rotatable bonds is 4. The number of carbonyl (C=O) groups excluding carboxylic acids is 2. The molecule has 4 rings (SSSR count). The minimum absolute atomic E-state index is 0.00565. The monoisotopic (exact) mass is 485 g/mol. The molecule has 4 heterocycles. The van der Waals surface area contributed by atoms with E-state index in [9.17, 15) is 9.59 Å². The minimum atomic E-state index is -0.544. The lowest BCUT2D eigenvalue weighted by Crippen LogP contribution is -2.41. The predicted octanol–water partition coefficient (Wildman–Crippen LogP) is 4.06. The molecule has 34 heavy (non-hydrogen) atoms. The van der Waals surface area contributed by atoms with Crippen LogP contribution in [0.5, 0.6) is 0 Å². The van der Waals surface area contributed by atoms with Gasteiger partial charge in [0, 0.05) is 41.8 Å². The van der Waals surface area contributed by atoms with Gasteiger partial charge < -0.3 is 19.9 Å². The first-order valence-corrected chi connectivity index (χ1v) is 12.8. The van der Waals surface area contributed by atoms with E-state index in [0.717, 1.165) is 52.6 Å². The second-order valence-electron chi connectivity index (χ2n) is 10.4. The second kappa shape index (κ2) is 10.00. The average molecular weight is 486 g/mol. The van der Waals surface area contributed by atoms with Gasteiger partial charge in [-0.3, -0.25) is 4.79 Å². The number of amides is 2. The molecule has 2 aliphatic heterocycles. The molecule has 2 aromatic heterocycles. The van der Waals surface area contributed by atoms with Gasteiger partial charge in [0.1, 0.15) is 11.4 Å². The number of hydrogen-bond acceptors (Lipinski definition) is 7. The van der Waals surface area contributed by atoms with Crippen molar-refractivity contribution >= 4 is 23.3 Å². The molecule has 0 spiro atoms. The number of piperidine rings is 1. The lowest BCUT2D eigenvalue weighted by Gasteiger charge is -2.27. The Morgan fingerprint density at radius 2 is 1.79 bits per heavy atom. The summed E-state index contributed by atoms with van der Waals surface area (Å²) in [6.45, 7) is 10.7. The van der Waals surface area contributed by atoms with Crippen LogP contribution >= 0.6 is 11.3 Å². The maximum absolute atomic E-state index is 13.2. The van der Waals surface area contributed by atoms with Gasteiger partial charge in [0.05, 0.1) is 10.9 Å². The molecule has 0 bridgehead atoms. The number of likely N-dealkylation sites (tertiary alicyclic amines) is 2. The third-order valence-corrected chi connectivity index (χ3v) is 7.62. The fourth-order valence-electron chi connectivity index (χ4n) is 4.46.